The van der Waals surface area contributed by atoms with Gasteiger partial charge in [0.15, 0.2) is 0 Å². The molecular formula is C64H40N2O4. The van der Waals surface area contributed by atoms with Crippen LogP contribution >= 0.6 is 0 Å². The van der Waals surface area contributed by atoms with Crippen molar-refractivity contribution < 1.29 is 17.7 Å². The average molecular weight is 901 g/mol. The number of hydrogen-bond donors (Lipinski definition) is 0. The van der Waals surface area contributed by atoms with Crippen molar-refractivity contribution >= 4 is 143 Å². The molecule has 0 saturated carbocycles. The molecule has 0 unspecified atom stereocenters. The predicted molar refractivity (Wildman–Crippen MR) is 289 cm³/mol. The van der Waals surface area contributed by atoms with E-state index >= 15 is 0 Å². The first-order valence-corrected chi connectivity index (χ1v) is 23.7. The van der Waals surface area contributed by atoms with Gasteiger partial charge in [-0.25, -0.2) is 0 Å². The Morgan fingerprint density at radius 2 is 0.643 bits per heavy atom. The molecular weight excluding hydrogens is 861 g/mol. The van der Waals surface area contributed by atoms with Gasteiger partial charge in [0.25, 0.3) is 0 Å². The van der Waals surface area contributed by atoms with E-state index < -0.39 is 0 Å². The number of rotatable bonds is 6. The molecule has 6 heteroatoms. The highest BCUT2D eigenvalue weighted by Gasteiger charge is 2.24. The van der Waals surface area contributed by atoms with Crippen LogP contribution in [-0.4, -0.2) is 0 Å². The molecule has 15 aromatic rings. The van der Waals surface area contributed by atoms with E-state index in [1.165, 1.54) is 11.1 Å². The summed E-state index contributed by atoms with van der Waals surface area (Å²) < 4.78 is 26.2. The van der Waals surface area contributed by atoms with Crippen LogP contribution in [0.5, 0.6) is 0 Å². The van der Waals surface area contributed by atoms with Gasteiger partial charge in [-0.2, -0.15) is 0 Å². The van der Waals surface area contributed by atoms with Gasteiger partial charge >= 0.3 is 0 Å². The van der Waals surface area contributed by atoms with E-state index in [2.05, 4.69) is 206 Å². The average Bonchev–Trinajstić information content (AvgIpc) is 4.15. The maximum Gasteiger partial charge on any atom is 0.139 e. The summed E-state index contributed by atoms with van der Waals surface area (Å²) >= 11 is 0. The molecule has 0 N–H and O–H groups in total. The molecule has 0 aliphatic heterocycles. The molecule has 4 heterocycles. The molecule has 11 aromatic carbocycles. The molecule has 0 saturated heterocycles. The van der Waals surface area contributed by atoms with Gasteiger partial charge in [0.2, 0.25) is 0 Å². The van der Waals surface area contributed by atoms with Crippen LogP contribution < -0.4 is 9.80 Å². The van der Waals surface area contributed by atoms with Gasteiger partial charge in [-0.05, 0) is 150 Å². The van der Waals surface area contributed by atoms with Gasteiger partial charge in [-0.1, -0.05) is 97.1 Å². The Morgan fingerprint density at radius 1 is 0.257 bits per heavy atom. The third-order valence-electron chi connectivity index (χ3n) is 14.4. The van der Waals surface area contributed by atoms with Gasteiger partial charge < -0.3 is 27.5 Å². The summed E-state index contributed by atoms with van der Waals surface area (Å²) in [5.74, 6) is 0. The highest BCUT2D eigenvalue weighted by Crippen LogP contribution is 2.48. The lowest BCUT2D eigenvalue weighted by Crippen LogP contribution is -2.11. The number of furan rings is 4. The molecule has 15 rings (SSSR count). The van der Waals surface area contributed by atoms with Gasteiger partial charge in [-0.15, -0.1) is 0 Å². The fourth-order valence-corrected chi connectivity index (χ4v) is 11.1. The SMILES string of the molecule is Cc1ccccc1N(c1ccc2cc3c(cc2c1)oc1cc2oc4cc5cc(N(c6ccccc6C)c6cccc7oc8ccccc8c67)ccc5cc4c2cc13)c1cccc2oc3ccccc3c12. The molecule has 0 aliphatic rings. The zero-order valence-corrected chi connectivity index (χ0v) is 38.2. The first kappa shape index (κ1) is 38.8. The van der Waals surface area contributed by atoms with Crippen molar-refractivity contribution in [2.45, 2.75) is 13.8 Å². The third kappa shape index (κ3) is 5.74. The summed E-state index contributed by atoms with van der Waals surface area (Å²) in [6.07, 6.45) is 0. The number of aryl methyl sites for hydroxylation is 2. The van der Waals surface area contributed by atoms with Gasteiger partial charge in [-0.3, -0.25) is 0 Å². The third-order valence-corrected chi connectivity index (χ3v) is 14.4. The Bertz CT molecular complexity index is 4370. The van der Waals surface area contributed by atoms with Gasteiger partial charge in [0, 0.05) is 61.1 Å². The molecule has 70 heavy (non-hydrogen) atoms. The maximum absolute atomic E-state index is 6.72. The molecule has 0 bridgehead atoms. The van der Waals surface area contributed by atoms with E-state index in [-0.39, 0.29) is 0 Å². The van der Waals surface area contributed by atoms with E-state index in [0.717, 1.165) is 143 Å². The molecule has 0 atom stereocenters. The van der Waals surface area contributed by atoms with Crippen LogP contribution in [0.25, 0.3) is 109 Å². The Morgan fingerprint density at radius 3 is 1.13 bits per heavy atom. The fraction of sp³-hybridized carbons (Fsp3) is 0.0312. The van der Waals surface area contributed by atoms with Crippen LogP contribution in [-0.2, 0) is 0 Å². The highest BCUT2D eigenvalue weighted by atomic mass is 16.3. The molecule has 0 radical (unpaired) electrons. The van der Waals surface area contributed by atoms with Crippen molar-refractivity contribution in [1.29, 1.82) is 0 Å². The number of hydrogen-bond acceptors (Lipinski definition) is 6. The first-order valence-electron chi connectivity index (χ1n) is 23.7. The van der Waals surface area contributed by atoms with E-state index in [9.17, 15) is 0 Å². The van der Waals surface area contributed by atoms with Crippen LogP contribution in [0, 0.1) is 13.8 Å². The largest absolute Gasteiger partial charge is 0.456 e. The lowest BCUT2D eigenvalue weighted by atomic mass is 10.0. The van der Waals surface area contributed by atoms with Crippen molar-refractivity contribution in [2.24, 2.45) is 0 Å². The van der Waals surface area contributed by atoms with E-state index in [0.29, 0.717) is 0 Å². The first-order chi connectivity index (χ1) is 34.5. The highest BCUT2D eigenvalue weighted by molar-refractivity contribution is 6.20. The fourth-order valence-electron chi connectivity index (χ4n) is 11.1. The van der Waals surface area contributed by atoms with Gasteiger partial charge in [0.05, 0.1) is 22.1 Å². The zero-order valence-electron chi connectivity index (χ0n) is 38.2. The van der Waals surface area contributed by atoms with Crippen LogP contribution in [0.15, 0.2) is 224 Å². The van der Waals surface area contributed by atoms with Crippen LogP contribution in [0.4, 0.5) is 34.1 Å². The minimum absolute atomic E-state index is 0.791. The summed E-state index contributed by atoms with van der Waals surface area (Å²) in [5.41, 5.74) is 15.5. The van der Waals surface area contributed by atoms with Crippen molar-refractivity contribution in [3.8, 4) is 0 Å². The van der Waals surface area contributed by atoms with E-state index in [4.69, 9.17) is 17.7 Å². The number of benzene rings is 11. The zero-order chi connectivity index (χ0) is 46.2. The van der Waals surface area contributed by atoms with Crippen molar-refractivity contribution in [2.75, 3.05) is 9.80 Å². The molecule has 4 aromatic heterocycles. The molecule has 330 valence electrons. The lowest BCUT2D eigenvalue weighted by molar-refractivity contribution is 0.656. The second-order valence-electron chi connectivity index (χ2n) is 18.5. The molecule has 0 spiro atoms. The van der Waals surface area contributed by atoms with E-state index in [1.54, 1.807) is 0 Å². The smallest absolute Gasteiger partial charge is 0.139 e. The monoisotopic (exact) mass is 900 g/mol. The number of fused-ring (bicyclic) bond motifs is 14. The Balaban J connectivity index is 0.849. The molecule has 6 nitrogen and oxygen atoms in total. The van der Waals surface area contributed by atoms with Crippen molar-refractivity contribution in [3.05, 3.63) is 217 Å². The molecule has 0 fully saturated rings. The van der Waals surface area contributed by atoms with Crippen LogP contribution in [0.2, 0.25) is 0 Å². The second-order valence-corrected chi connectivity index (χ2v) is 18.5. The van der Waals surface area contributed by atoms with Gasteiger partial charge in [0.1, 0.15) is 44.7 Å². The van der Waals surface area contributed by atoms with Crippen LogP contribution in [0.3, 0.4) is 0 Å². The standard InChI is InChI=1S/C64H40N2O4/c1-37-13-3-7-17-51(37)65(53-19-11-23-57-63(53)45-15-5-9-21-55(45)67-57)43-27-25-39-31-47-49-35-50-48-32-40-26-28-44(30-42(40)34-60(48)70-62(50)36-61(49)69-59(47)33-41(39)29-43)66(52-18-8-4-14-38(52)2)54-20-12-24-58-64(54)46-16-6-10-22-56(46)68-58/h3-36H,1-2H3. The summed E-state index contributed by atoms with van der Waals surface area (Å²) in [5, 5.41) is 13.0. The Hall–Kier alpha value is -9.26. The Kier molecular flexibility index (Phi) is 8.10. The summed E-state index contributed by atoms with van der Waals surface area (Å²) in [7, 11) is 0. The number of anilines is 6. The van der Waals surface area contributed by atoms with E-state index in [1.807, 2.05) is 24.3 Å². The predicted octanol–water partition coefficient (Wildman–Crippen LogP) is 19.1. The minimum atomic E-state index is 0.791. The quantitative estimate of drug-likeness (QED) is 0.166. The molecule has 0 aliphatic carbocycles. The summed E-state index contributed by atoms with van der Waals surface area (Å²) in [4.78, 5) is 4.71. The number of para-hydroxylation sites is 4. The maximum atomic E-state index is 6.72. The van der Waals surface area contributed by atoms with Crippen LogP contribution in [0.1, 0.15) is 11.1 Å². The lowest BCUT2D eigenvalue weighted by Gasteiger charge is -2.28. The van der Waals surface area contributed by atoms with Crippen molar-refractivity contribution in [1.82, 2.24) is 0 Å². The normalized spacial score (nSPS) is 12.1. The number of nitrogens with zero attached hydrogens (tertiary/aromatic N) is 2. The topological polar surface area (TPSA) is 59.0 Å². The minimum Gasteiger partial charge on any atom is -0.456 e. The van der Waals surface area contributed by atoms with Crippen molar-refractivity contribution in [3.63, 3.8) is 0 Å². The Labute approximate surface area is 400 Å². The second kappa shape index (κ2) is 14.6. The summed E-state index contributed by atoms with van der Waals surface area (Å²) in [6.45, 7) is 4.33. The summed E-state index contributed by atoms with van der Waals surface area (Å²) in [6, 6.07) is 72.9. The molecule has 0 amide bonds.